The lowest BCUT2D eigenvalue weighted by Gasteiger charge is -2.16. The fourth-order valence-corrected chi connectivity index (χ4v) is 2.74. The van der Waals surface area contributed by atoms with Gasteiger partial charge in [0.05, 0.1) is 10.6 Å². The monoisotopic (exact) mass is 302 g/mol. The third-order valence-electron chi connectivity index (χ3n) is 3.19. The summed E-state index contributed by atoms with van der Waals surface area (Å²) in [7, 11) is -4.81. The Balaban J connectivity index is 2.36. The molecule has 0 aromatic heterocycles. The molecule has 9 heteroatoms. The minimum atomic E-state index is -4.81. The highest BCUT2D eigenvalue weighted by Crippen LogP contribution is 2.30. The second-order valence-corrected chi connectivity index (χ2v) is 6.15. The summed E-state index contributed by atoms with van der Waals surface area (Å²) in [5.74, 6) is -0.575. The number of hydrogen-bond acceptors (Lipinski definition) is 5. The van der Waals surface area contributed by atoms with Crippen LogP contribution in [0.3, 0.4) is 0 Å². The first-order valence-corrected chi connectivity index (χ1v) is 7.13. The molecule has 0 bridgehead atoms. The second-order valence-electron chi connectivity index (χ2n) is 4.53. The Bertz CT molecular complexity index is 688. The van der Waals surface area contributed by atoms with E-state index in [0.717, 1.165) is 4.90 Å². The molecular formula is C11H11FN2O5S. The normalized spacial score (nSPS) is 19.4. The molecule has 1 aromatic carbocycles. The van der Waals surface area contributed by atoms with Crippen molar-refractivity contribution < 1.29 is 22.0 Å². The SMILES string of the molecule is Cc1ccc(N2CC(S(=O)(=O)F)CC2=O)cc1[N+](=O)[O-]. The molecule has 0 spiro atoms. The maximum Gasteiger partial charge on any atom is 0.307 e. The minimum Gasteiger partial charge on any atom is -0.311 e. The number of carbonyl (C=O) groups is 1. The first kappa shape index (κ1) is 14.4. The molecule has 1 saturated heterocycles. The summed E-state index contributed by atoms with van der Waals surface area (Å²) >= 11 is 0. The van der Waals surface area contributed by atoms with Crippen molar-refractivity contribution in [1.29, 1.82) is 0 Å². The first-order chi connectivity index (χ1) is 9.20. The largest absolute Gasteiger partial charge is 0.311 e. The van der Waals surface area contributed by atoms with Crippen molar-refractivity contribution in [2.45, 2.75) is 18.6 Å². The molecule has 0 aliphatic carbocycles. The number of hydrogen-bond donors (Lipinski definition) is 0. The zero-order chi connectivity index (χ0) is 15.1. The fourth-order valence-electron chi connectivity index (χ4n) is 2.08. The van der Waals surface area contributed by atoms with Gasteiger partial charge in [0.1, 0.15) is 5.25 Å². The molecule has 1 fully saturated rings. The molecule has 0 radical (unpaired) electrons. The molecule has 1 aliphatic heterocycles. The van der Waals surface area contributed by atoms with Crippen LogP contribution in [-0.4, -0.2) is 31.0 Å². The molecule has 1 unspecified atom stereocenters. The highest BCUT2D eigenvalue weighted by atomic mass is 32.3. The molecule has 1 amide bonds. The third-order valence-corrected chi connectivity index (χ3v) is 4.30. The first-order valence-electron chi connectivity index (χ1n) is 5.69. The highest BCUT2D eigenvalue weighted by molar-refractivity contribution is 7.87. The van der Waals surface area contributed by atoms with Crippen molar-refractivity contribution in [3.05, 3.63) is 33.9 Å². The lowest BCUT2D eigenvalue weighted by atomic mass is 10.2. The minimum absolute atomic E-state index is 0.179. The lowest BCUT2D eigenvalue weighted by molar-refractivity contribution is -0.385. The standard InChI is InChI=1S/C11H11FN2O5S/c1-7-2-3-8(4-10(7)14(16)17)13-6-9(5-11(13)15)20(12,18)19/h2-4,9H,5-6H2,1H3. The number of nitro benzene ring substituents is 1. The Hall–Kier alpha value is -2.03. The Morgan fingerprint density at radius 1 is 1.45 bits per heavy atom. The summed E-state index contributed by atoms with van der Waals surface area (Å²) in [6, 6.07) is 4.10. The van der Waals surface area contributed by atoms with Crippen LogP contribution in [0.4, 0.5) is 15.3 Å². The predicted molar refractivity (Wildman–Crippen MR) is 68.6 cm³/mol. The number of nitrogens with zero attached hydrogens (tertiary/aromatic N) is 2. The van der Waals surface area contributed by atoms with E-state index in [1.165, 1.54) is 18.2 Å². The van der Waals surface area contributed by atoms with Gasteiger partial charge in [0, 0.05) is 24.6 Å². The molecule has 20 heavy (non-hydrogen) atoms. The summed E-state index contributed by atoms with van der Waals surface area (Å²) in [5.41, 5.74) is 0.431. The average Bonchev–Trinajstić information content (AvgIpc) is 2.71. The molecule has 1 atom stereocenters. The van der Waals surface area contributed by atoms with E-state index < -0.39 is 32.7 Å². The second kappa shape index (κ2) is 4.82. The zero-order valence-electron chi connectivity index (χ0n) is 10.4. The van der Waals surface area contributed by atoms with Crippen LogP contribution in [0.5, 0.6) is 0 Å². The number of carbonyl (C=O) groups excluding carboxylic acids is 1. The summed E-state index contributed by atoms with van der Waals surface area (Å²) in [4.78, 5) is 23.0. The van der Waals surface area contributed by atoms with E-state index >= 15 is 0 Å². The van der Waals surface area contributed by atoms with Gasteiger partial charge in [-0.1, -0.05) is 6.07 Å². The molecule has 0 saturated carbocycles. The number of benzene rings is 1. The van der Waals surface area contributed by atoms with Crippen molar-refractivity contribution in [2.75, 3.05) is 11.4 Å². The van der Waals surface area contributed by atoms with Gasteiger partial charge in [-0.05, 0) is 13.0 Å². The third kappa shape index (κ3) is 2.62. The van der Waals surface area contributed by atoms with Gasteiger partial charge in [-0.25, -0.2) is 0 Å². The van der Waals surface area contributed by atoms with Crippen LogP contribution in [0.25, 0.3) is 0 Å². The quantitative estimate of drug-likeness (QED) is 0.476. The molecule has 1 heterocycles. The van der Waals surface area contributed by atoms with Gasteiger partial charge in [0.15, 0.2) is 0 Å². The van der Waals surface area contributed by atoms with E-state index in [1.807, 2.05) is 0 Å². The lowest BCUT2D eigenvalue weighted by Crippen LogP contribution is -2.26. The molecule has 1 aliphatic rings. The maximum absolute atomic E-state index is 12.9. The molecule has 2 rings (SSSR count). The van der Waals surface area contributed by atoms with Gasteiger partial charge in [0.25, 0.3) is 5.69 Å². The van der Waals surface area contributed by atoms with Gasteiger partial charge in [-0.3, -0.25) is 14.9 Å². The molecule has 108 valence electrons. The molecular weight excluding hydrogens is 291 g/mol. The maximum atomic E-state index is 12.9. The zero-order valence-corrected chi connectivity index (χ0v) is 11.3. The smallest absolute Gasteiger partial charge is 0.307 e. The van der Waals surface area contributed by atoms with E-state index in [0.29, 0.717) is 5.56 Å². The van der Waals surface area contributed by atoms with Crippen LogP contribution in [0.1, 0.15) is 12.0 Å². The van der Waals surface area contributed by atoms with Gasteiger partial charge in [-0.2, -0.15) is 8.42 Å². The van der Waals surface area contributed by atoms with Crippen molar-refractivity contribution in [3.63, 3.8) is 0 Å². The Morgan fingerprint density at radius 3 is 2.60 bits per heavy atom. The average molecular weight is 302 g/mol. The number of aryl methyl sites for hydroxylation is 1. The van der Waals surface area contributed by atoms with E-state index in [9.17, 15) is 27.2 Å². The van der Waals surface area contributed by atoms with Crippen molar-refractivity contribution in [1.82, 2.24) is 0 Å². The van der Waals surface area contributed by atoms with E-state index in [4.69, 9.17) is 0 Å². The molecule has 0 N–H and O–H groups in total. The van der Waals surface area contributed by atoms with Gasteiger partial charge < -0.3 is 4.90 Å². The van der Waals surface area contributed by atoms with E-state index in [-0.39, 0.29) is 17.9 Å². The van der Waals surface area contributed by atoms with E-state index in [1.54, 1.807) is 6.92 Å². The Kier molecular flexibility index (Phi) is 3.46. The summed E-state index contributed by atoms with van der Waals surface area (Å²) < 4.78 is 34.6. The summed E-state index contributed by atoms with van der Waals surface area (Å²) in [6.45, 7) is 1.21. The Labute approximate surface area is 114 Å². The molecule has 1 aromatic rings. The number of rotatable bonds is 3. The van der Waals surface area contributed by atoms with Crippen molar-refractivity contribution in [2.24, 2.45) is 0 Å². The number of nitro groups is 1. The highest BCUT2D eigenvalue weighted by Gasteiger charge is 2.39. The van der Waals surface area contributed by atoms with Crippen LogP contribution in [-0.2, 0) is 15.0 Å². The van der Waals surface area contributed by atoms with Crippen molar-refractivity contribution >= 4 is 27.5 Å². The summed E-state index contributed by atoms with van der Waals surface area (Å²) in [5, 5.41) is 9.42. The predicted octanol–water partition coefficient (Wildman–Crippen LogP) is 1.31. The van der Waals surface area contributed by atoms with E-state index in [2.05, 4.69) is 0 Å². The van der Waals surface area contributed by atoms with Crippen LogP contribution in [0.15, 0.2) is 18.2 Å². The van der Waals surface area contributed by atoms with Gasteiger partial charge in [0.2, 0.25) is 5.91 Å². The number of halogens is 1. The summed E-state index contributed by atoms with van der Waals surface area (Å²) in [6.07, 6.45) is -0.458. The van der Waals surface area contributed by atoms with Crippen LogP contribution in [0, 0.1) is 17.0 Å². The van der Waals surface area contributed by atoms with Crippen LogP contribution in [0.2, 0.25) is 0 Å². The van der Waals surface area contributed by atoms with Gasteiger partial charge in [-0.15, -0.1) is 3.89 Å². The van der Waals surface area contributed by atoms with Crippen LogP contribution >= 0.6 is 0 Å². The number of anilines is 1. The van der Waals surface area contributed by atoms with Crippen molar-refractivity contribution in [3.8, 4) is 0 Å². The Morgan fingerprint density at radius 2 is 2.10 bits per heavy atom. The van der Waals surface area contributed by atoms with Crippen LogP contribution < -0.4 is 4.90 Å². The number of amides is 1. The van der Waals surface area contributed by atoms with Gasteiger partial charge >= 0.3 is 10.2 Å². The topological polar surface area (TPSA) is 97.6 Å². The fraction of sp³-hybridized carbons (Fsp3) is 0.364. The molecule has 7 nitrogen and oxygen atoms in total.